The second-order valence-corrected chi connectivity index (χ2v) is 7.61. The fourth-order valence-corrected chi connectivity index (χ4v) is 3.73. The van der Waals surface area contributed by atoms with E-state index in [9.17, 15) is 5.11 Å². The molecule has 3 heterocycles. The van der Waals surface area contributed by atoms with Gasteiger partial charge in [0.2, 0.25) is 0 Å². The Hall–Kier alpha value is -2.93. The number of imidazole rings is 1. The van der Waals surface area contributed by atoms with Crippen molar-refractivity contribution in [3.63, 3.8) is 0 Å². The van der Waals surface area contributed by atoms with Gasteiger partial charge < -0.3 is 19.3 Å². The molecule has 29 heavy (non-hydrogen) atoms. The summed E-state index contributed by atoms with van der Waals surface area (Å²) < 4.78 is 7.58. The van der Waals surface area contributed by atoms with Crippen LogP contribution in [0.25, 0.3) is 5.69 Å². The normalized spacial score (nSPS) is 15.0. The lowest BCUT2D eigenvalue weighted by molar-refractivity contribution is 0.145. The van der Waals surface area contributed by atoms with Gasteiger partial charge in [0.15, 0.2) is 0 Å². The van der Waals surface area contributed by atoms with Crippen LogP contribution in [0.4, 0.5) is 5.82 Å². The predicted molar refractivity (Wildman–Crippen MR) is 112 cm³/mol. The Morgan fingerprint density at radius 1 is 1.10 bits per heavy atom. The smallest absolute Gasteiger partial charge is 0.143 e. The molecule has 1 aromatic carbocycles. The SMILES string of the molecule is COc1cc(Cc2nc(C)cc(N3CCC(O)CC3)n2)ccc1-n1cnc(C)c1. The monoisotopic (exact) mass is 393 g/mol. The van der Waals surface area contributed by atoms with Crippen LogP contribution in [0.15, 0.2) is 36.8 Å². The number of anilines is 1. The molecule has 0 unspecified atom stereocenters. The minimum absolute atomic E-state index is 0.195. The van der Waals surface area contributed by atoms with E-state index in [1.165, 1.54) is 0 Å². The van der Waals surface area contributed by atoms with Gasteiger partial charge in [-0.1, -0.05) is 6.07 Å². The number of nitrogens with zero attached hydrogens (tertiary/aromatic N) is 5. The van der Waals surface area contributed by atoms with Crippen LogP contribution in [0.3, 0.4) is 0 Å². The predicted octanol–water partition coefficient (Wildman–Crippen LogP) is 2.84. The Labute approximate surface area is 171 Å². The Morgan fingerprint density at radius 2 is 1.90 bits per heavy atom. The molecular weight excluding hydrogens is 366 g/mol. The Balaban J connectivity index is 1.57. The maximum Gasteiger partial charge on any atom is 0.143 e. The lowest BCUT2D eigenvalue weighted by Crippen LogP contribution is -2.36. The molecule has 0 atom stereocenters. The molecule has 0 amide bonds. The topological polar surface area (TPSA) is 76.3 Å². The molecule has 2 aromatic heterocycles. The summed E-state index contributed by atoms with van der Waals surface area (Å²) >= 11 is 0. The minimum Gasteiger partial charge on any atom is -0.495 e. The molecule has 152 valence electrons. The zero-order valence-electron chi connectivity index (χ0n) is 17.2. The fraction of sp³-hybridized carbons (Fsp3) is 0.409. The van der Waals surface area contributed by atoms with Gasteiger partial charge in [-0.2, -0.15) is 0 Å². The number of aryl methyl sites for hydroxylation is 2. The molecule has 7 heteroatoms. The lowest BCUT2D eigenvalue weighted by atomic mass is 10.1. The number of hydrogen-bond acceptors (Lipinski definition) is 6. The van der Waals surface area contributed by atoms with E-state index in [1.54, 1.807) is 13.4 Å². The van der Waals surface area contributed by atoms with E-state index >= 15 is 0 Å². The Morgan fingerprint density at radius 3 is 2.59 bits per heavy atom. The average molecular weight is 393 g/mol. The number of piperidine rings is 1. The maximum absolute atomic E-state index is 9.76. The molecule has 0 aliphatic carbocycles. The van der Waals surface area contributed by atoms with Gasteiger partial charge >= 0.3 is 0 Å². The van der Waals surface area contributed by atoms with Gasteiger partial charge in [0, 0.05) is 37.5 Å². The van der Waals surface area contributed by atoms with Gasteiger partial charge in [0.1, 0.15) is 17.4 Å². The summed E-state index contributed by atoms with van der Waals surface area (Å²) in [5, 5.41) is 9.76. The van der Waals surface area contributed by atoms with Crippen molar-refractivity contribution in [1.29, 1.82) is 0 Å². The third-order valence-corrected chi connectivity index (χ3v) is 5.27. The van der Waals surface area contributed by atoms with Crippen molar-refractivity contribution >= 4 is 5.82 Å². The first-order chi connectivity index (χ1) is 14.0. The molecule has 0 spiro atoms. The quantitative estimate of drug-likeness (QED) is 0.718. The number of aliphatic hydroxyl groups is 1. The molecule has 1 saturated heterocycles. The zero-order chi connectivity index (χ0) is 20.4. The van der Waals surface area contributed by atoms with E-state index in [-0.39, 0.29) is 6.10 Å². The van der Waals surface area contributed by atoms with E-state index in [1.807, 2.05) is 42.8 Å². The molecule has 3 aromatic rings. The third-order valence-electron chi connectivity index (χ3n) is 5.27. The van der Waals surface area contributed by atoms with Gasteiger partial charge in [0.05, 0.1) is 30.9 Å². The molecule has 1 fully saturated rings. The first-order valence-corrected chi connectivity index (χ1v) is 9.97. The van der Waals surface area contributed by atoms with Crippen molar-refractivity contribution in [2.24, 2.45) is 0 Å². The van der Waals surface area contributed by atoms with Crippen molar-refractivity contribution in [3.05, 3.63) is 59.6 Å². The highest BCUT2D eigenvalue weighted by molar-refractivity contribution is 5.50. The van der Waals surface area contributed by atoms with Crippen molar-refractivity contribution in [2.45, 2.75) is 39.2 Å². The van der Waals surface area contributed by atoms with Crippen LogP contribution in [-0.4, -0.2) is 50.9 Å². The van der Waals surface area contributed by atoms with Crippen LogP contribution in [0.2, 0.25) is 0 Å². The van der Waals surface area contributed by atoms with E-state index in [4.69, 9.17) is 9.72 Å². The molecule has 0 bridgehead atoms. The van der Waals surface area contributed by atoms with Crippen LogP contribution in [0.5, 0.6) is 5.75 Å². The van der Waals surface area contributed by atoms with Crippen molar-refractivity contribution in [3.8, 4) is 11.4 Å². The zero-order valence-corrected chi connectivity index (χ0v) is 17.2. The minimum atomic E-state index is -0.195. The summed E-state index contributed by atoms with van der Waals surface area (Å²) in [6.45, 7) is 5.61. The van der Waals surface area contributed by atoms with Crippen LogP contribution >= 0.6 is 0 Å². The largest absolute Gasteiger partial charge is 0.495 e. The second-order valence-electron chi connectivity index (χ2n) is 7.61. The van der Waals surface area contributed by atoms with Gasteiger partial charge in [-0.3, -0.25) is 0 Å². The molecule has 0 saturated carbocycles. The van der Waals surface area contributed by atoms with Crippen LogP contribution in [-0.2, 0) is 6.42 Å². The van der Waals surface area contributed by atoms with Gasteiger partial charge in [-0.25, -0.2) is 15.0 Å². The first kappa shape index (κ1) is 19.4. The molecule has 1 aliphatic heterocycles. The van der Waals surface area contributed by atoms with Crippen LogP contribution in [0, 0.1) is 13.8 Å². The summed E-state index contributed by atoms with van der Waals surface area (Å²) in [4.78, 5) is 16.0. The van der Waals surface area contributed by atoms with Gasteiger partial charge in [-0.15, -0.1) is 0 Å². The molecule has 0 radical (unpaired) electrons. The third kappa shape index (κ3) is 4.40. The summed E-state index contributed by atoms with van der Waals surface area (Å²) in [7, 11) is 1.68. The van der Waals surface area contributed by atoms with Crippen molar-refractivity contribution < 1.29 is 9.84 Å². The van der Waals surface area contributed by atoms with E-state index in [0.29, 0.717) is 6.42 Å². The molecular formula is C22H27N5O2. The van der Waals surface area contributed by atoms with Crippen LogP contribution < -0.4 is 9.64 Å². The fourth-order valence-electron chi connectivity index (χ4n) is 3.73. The average Bonchev–Trinajstić information content (AvgIpc) is 3.14. The molecule has 4 rings (SSSR count). The lowest BCUT2D eigenvalue weighted by Gasteiger charge is -2.30. The number of ether oxygens (including phenoxy) is 1. The van der Waals surface area contributed by atoms with Crippen LogP contribution in [0.1, 0.15) is 35.6 Å². The van der Waals surface area contributed by atoms with Crippen molar-refractivity contribution in [1.82, 2.24) is 19.5 Å². The van der Waals surface area contributed by atoms with E-state index < -0.39 is 0 Å². The molecule has 1 aliphatic rings. The van der Waals surface area contributed by atoms with Gasteiger partial charge in [0.25, 0.3) is 0 Å². The summed E-state index contributed by atoms with van der Waals surface area (Å²) in [5.74, 6) is 2.52. The number of aromatic nitrogens is 4. The number of rotatable bonds is 5. The maximum atomic E-state index is 9.76. The summed E-state index contributed by atoms with van der Waals surface area (Å²) in [5.41, 5.74) is 3.96. The standard InChI is InChI=1S/C22H27N5O2/c1-15-10-22(26-8-6-18(28)7-9-26)25-21(24-15)12-17-4-5-19(20(11-17)29-3)27-13-16(2)23-14-27/h4-5,10-11,13-14,18,28H,6-9,12H2,1-3H3. The molecule has 1 N–H and O–H groups in total. The number of aliphatic hydroxyl groups excluding tert-OH is 1. The van der Waals surface area contributed by atoms with Crippen molar-refractivity contribution in [2.75, 3.05) is 25.1 Å². The Kier molecular flexibility index (Phi) is 5.49. The highest BCUT2D eigenvalue weighted by atomic mass is 16.5. The van der Waals surface area contributed by atoms with E-state index in [0.717, 1.165) is 66.0 Å². The number of methoxy groups -OCH3 is 1. The number of hydrogen-bond donors (Lipinski definition) is 1. The Bertz CT molecular complexity index is 993. The second kappa shape index (κ2) is 8.21. The highest BCUT2D eigenvalue weighted by Crippen LogP contribution is 2.26. The number of benzene rings is 1. The first-order valence-electron chi connectivity index (χ1n) is 9.97. The summed E-state index contributed by atoms with van der Waals surface area (Å²) in [6, 6.07) is 8.17. The highest BCUT2D eigenvalue weighted by Gasteiger charge is 2.19. The summed E-state index contributed by atoms with van der Waals surface area (Å²) in [6.07, 6.45) is 5.76. The van der Waals surface area contributed by atoms with E-state index in [2.05, 4.69) is 20.9 Å². The van der Waals surface area contributed by atoms with Gasteiger partial charge in [-0.05, 0) is 44.4 Å². The molecule has 7 nitrogen and oxygen atoms in total.